The summed E-state index contributed by atoms with van der Waals surface area (Å²) in [5.74, 6) is -0.812. The lowest BCUT2D eigenvalue weighted by Gasteiger charge is -2.49. The lowest BCUT2D eigenvalue weighted by atomic mass is 9.95. The standard InChI is InChI=1S/C38H65NO31/c1-8(45)39-15-19(51)29(67-38-31(26(58)28(66-38)10(47)3-41)69-36-25(57)22(54)27(65-36)9(46)2-40)14(61-33(15)59)7-60-37-32(70-35-24(56)21(53)17(49)12(5-43)63-35)30(18(50)13(6-44)64-37)68-34-23(55)20(52)16(48)11(4-42)62-34/h9-38,40-44,46-59H,2-7H2,1H3,(H,39,45)/t9-,10-,11-,12-,13-,14-,15-,16+,17+,18+,19-,20+,21+,22-,23-,24-,25-,26+,27+,28+,29-,30+,31-,32-,33+,34+,35+,36+,37-,38+/m1/s1. The summed E-state index contributed by atoms with van der Waals surface area (Å²) in [7, 11) is 0. The number of aliphatic hydroxyl groups is 19. The van der Waals surface area contributed by atoms with Crippen molar-refractivity contribution in [1.29, 1.82) is 0 Å². The number of carbonyl (C=O) groups excluding carboxylic acids is 1. The molecular weight excluding hydrogens is 966 g/mol. The predicted octanol–water partition coefficient (Wildman–Crippen LogP) is -14.0. The molecule has 0 aromatic carbocycles. The van der Waals surface area contributed by atoms with Crippen molar-refractivity contribution in [2.45, 2.75) is 191 Å². The van der Waals surface area contributed by atoms with E-state index in [9.17, 15) is 102 Å². The van der Waals surface area contributed by atoms with Crippen LogP contribution in [0.2, 0.25) is 0 Å². The van der Waals surface area contributed by atoms with Gasteiger partial charge in [-0.2, -0.15) is 0 Å². The number of hydrogen-bond donors (Lipinski definition) is 20. The molecule has 0 aromatic rings. The molecule has 0 saturated carbocycles. The van der Waals surface area contributed by atoms with Crippen LogP contribution in [0.1, 0.15) is 6.92 Å². The Hall–Kier alpha value is -1.73. The fourth-order valence-corrected chi connectivity index (χ4v) is 8.82. The molecule has 0 spiro atoms. The van der Waals surface area contributed by atoms with E-state index in [-0.39, 0.29) is 0 Å². The van der Waals surface area contributed by atoms with Crippen molar-refractivity contribution < 1.29 is 154 Å². The minimum atomic E-state index is -2.15. The maximum Gasteiger partial charge on any atom is 0.217 e. The van der Waals surface area contributed by atoms with Crippen molar-refractivity contribution in [2.24, 2.45) is 0 Å². The van der Waals surface area contributed by atoms with Gasteiger partial charge in [-0.1, -0.05) is 0 Å². The van der Waals surface area contributed by atoms with Crippen LogP contribution < -0.4 is 5.32 Å². The molecule has 0 aromatic heterocycles. The summed E-state index contributed by atoms with van der Waals surface area (Å²) in [5, 5.41) is 203. The van der Waals surface area contributed by atoms with Gasteiger partial charge < -0.3 is 154 Å². The van der Waals surface area contributed by atoms with Crippen molar-refractivity contribution >= 4 is 5.91 Å². The minimum Gasteiger partial charge on any atom is -0.394 e. The van der Waals surface area contributed by atoms with E-state index in [1.807, 2.05) is 0 Å². The fraction of sp³-hybridized carbons (Fsp3) is 0.974. The number of aliphatic hydroxyl groups excluding tert-OH is 19. The van der Waals surface area contributed by atoms with Crippen LogP contribution in [0.4, 0.5) is 0 Å². The van der Waals surface area contributed by atoms with E-state index in [1.54, 1.807) is 0 Å². The van der Waals surface area contributed by atoms with Gasteiger partial charge in [-0.05, 0) is 0 Å². The van der Waals surface area contributed by atoms with Gasteiger partial charge >= 0.3 is 0 Å². The molecule has 20 N–H and O–H groups in total. The molecule has 6 fully saturated rings. The van der Waals surface area contributed by atoms with E-state index >= 15 is 0 Å². The number of carbonyl (C=O) groups is 1. The average molecular weight is 1030 g/mol. The van der Waals surface area contributed by atoms with Gasteiger partial charge in [0.15, 0.2) is 37.7 Å². The van der Waals surface area contributed by atoms with Crippen molar-refractivity contribution in [3.05, 3.63) is 0 Å². The largest absolute Gasteiger partial charge is 0.394 e. The first-order chi connectivity index (χ1) is 33.1. The summed E-state index contributed by atoms with van der Waals surface area (Å²) in [5.41, 5.74) is 0. The van der Waals surface area contributed by atoms with Gasteiger partial charge in [0.1, 0.15) is 146 Å². The van der Waals surface area contributed by atoms with Gasteiger partial charge in [0.05, 0.1) is 39.6 Å². The van der Waals surface area contributed by atoms with Crippen LogP contribution in [0, 0.1) is 0 Å². The first kappa shape index (κ1) is 57.5. The maximum atomic E-state index is 12.2. The number of amides is 1. The number of nitrogens with one attached hydrogen (secondary N) is 1. The van der Waals surface area contributed by atoms with Crippen LogP contribution >= 0.6 is 0 Å². The average Bonchev–Trinajstić information content (AvgIpc) is 3.80. The lowest BCUT2D eigenvalue weighted by molar-refractivity contribution is -0.395. The highest BCUT2D eigenvalue weighted by atomic mass is 16.8. The first-order valence-electron chi connectivity index (χ1n) is 22.1. The van der Waals surface area contributed by atoms with Gasteiger partial charge in [0.2, 0.25) is 5.91 Å². The van der Waals surface area contributed by atoms with Crippen LogP contribution in [0.25, 0.3) is 0 Å². The van der Waals surface area contributed by atoms with Crippen molar-refractivity contribution in [1.82, 2.24) is 5.32 Å². The zero-order chi connectivity index (χ0) is 51.6. The summed E-state index contributed by atoms with van der Waals surface area (Å²) in [6.07, 6.45) is -56.0. The minimum absolute atomic E-state index is 0.812. The van der Waals surface area contributed by atoms with E-state index in [0.29, 0.717) is 0 Å². The third-order valence-electron chi connectivity index (χ3n) is 12.8. The summed E-state index contributed by atoms with van der Waals surface area (Å²) in [6, 6.07) is -1.72. The zero-order valence-electron chi connectivity index (χ0n) is 37.0. The monoisotopic (exact) mass is 1030 g/mol. The predicted molar refractivity (Wildman–Crippen MR) is 211 cm³/mol. The van der Waals surface area contributed by atoms with Gasteiger partial charge in [0, 0.05) is 6.92 Å². The van der Waals surface area contributed by atoms with Gasteiger partial charge in [-0.25, -0.2) is 0 Å². The number of hydrogen-bond acceptors (Lipinski definition) is 31. The fourth-order valence-electron chi connectivity index (χ4n) is 8.82. The normalized spacial score (nSPS) is 49.9. The van der Waals surface area contributed by atoms with E-state index < -0.39 is 230 Å². The highest BCUT2D eigenvalue weighted by Crippen LogP contribution is 2.38. The highest BCUT2D eigenvalue weighted by molar-refractivity contribution is 5.73. The van der Waals surface area contributed by atoms with Crippen molar-refractivity contribution in [2.75, 3.05) is 39.6 Å². The SMILES string of the molecule is CC(=O)N[C@@H]1[C@@H](O)[C@H](O[C@@H]2O[C@@H]([C@H](O)CO)[C@H](O)[C@H]2O[C@@H]2O[C@@H]([C@H](O)CO)[C@H](O)[C@H]2O)[C@@H](CO[C@@H]2O[C@H](CO)[C@H](O)[C@H](O[C@@H]3O[C@H](CO)[C@H](O)[C@H](O)[C@H]3O)[C@H]2O[C@@H]2O[C@H](CO)[C@H](O)[C@H](O)[C@H]2O)O[C@@H]1O. The quantitative estimate of drug-likeness (QED) is 0.0571. The van der Waals surface area contributed by atoms with Gasteiger partial charge in [-0.15, -0.1) is 0 Å². The second-order valence-electron chi connectivity index (χ2n) is 17.5. The molecule has 6 heterocycles. The Labute approximate surface area is 395 Å². The molecule has 6 rings (SSSR count). The molecule has 0 unspecified atom stereocenters. The molecule has 0 aliphatic carbocycles. The summed E-state index contributed by atoms with van der Waals surface area (Å²) in [6.45, 7) is -4.84. The molecule has 32 nitrogen and oxygen atoms in total. The molecule has 30 atom stereocenters. The Morgan fingerprint density at radius 2 is 0.871 bits per heavy atom. The highest BCUT2D eigenvalue weighted by Gasteiger charge is 2.58. The molecule has 6 aliphatic heterocycles. The van der Waals surface area contributed by atoms with Crippen molar-refractivity contribution in [3.8, 4) is 0 Å². The van der Waals surface area contributed by atoms with Crippen LogP contribution in [0.15, 0.2) is 0 Å². The van der Waals surface area contributed by atoms with Gasteiger partial charge in [-0.3, -0.25) is 4.79 Å². The van der Waals surface area contributed by atoms with Gasteiger partial charge in [0.25, 0.3) is 0 Å². The Bertz CT molecular complexity index is 1630. The maximum absolute atomic E-state index is 12.2. The molecule has 6 saturated heterocycles. The number of rotatable bonds is 19. The Morgan fingerprint density at radius 1 is 0.443 bits per heavy atom. The molecule has 0 bridgehead atoms. The molecule has 6 aliphatic rings. The topological polar surface area (TPSA) is 515 Å². The molecule has 32 heteroatoms. The Balaban J connectivity index is 1.32. The summed E-state index contributed by atoms with van der Waals surface area (Å²) < 4.78 is 63.2. The summed E-state index contributed by atoms with van der Waals surface area (Å²) >= 11 is 0. The van der Waals surface area contributed by atoms with Crippen LogP contribution in [0.3, 0.4) is 0 Å². The van der Waals surface area contributed by atoms with Crippen LogP contribution in [-0.4, -0.2) is 327 Å². The molecule has 0 radical (unpaired) electrons. The van der Waals surface area contributed by atoms with E-state index in [4.69, 9.17) is 52.1 Å². The third kappa shape index (κ3) is 12.0. The van der Waals surface area contributed by atoms with E-state index in [1.165, 1.54) is 0 Å². The second-order valence-corrected chi connectivity index (χ2v) is 17.5. The smallest absolute Gasteiger partial charge is 0.217 e. The molecule has 70 heavy (non-hydrogen) atoms. The van der Waals surface area contributed by atoms with E-state index in [0.717, 1.165) is 6.92 Å². The van der Waals surface area contributed by atoms with Crippen LogP contribution in [0.5, 0.6) is 0 Å². The zero-order valence-corrected chi connectivity index (χ0v) is 37.0. The first-order valence-corrected chi connectivity index (χ1v) is 22.1. The summed E-state index contributed by atoms with van der Waals surface area (Å²) in [4.78, 5) is 12.2. The Kier molecular flexibility index (Phi) is 20.3. The third-order valence-corrected chi connectivity index (χ3v) is 12.8. The Morgan fingerprint density at radius 3 is 1.39 bits per heavy atom. The second kappa shape index (κ2) is 24.7. The lowest BCUT2D eigenvalue weighted by Crippen LogP contribution is -2.68. The molecule has 408 valence electrons. The van der Waals surface area contributed by atoms with Crippen LogP contribution in [-0.2, 0) is 56.9 Å². The molecular formula is C38H65NO31. The number of ether oxygens (including phenoxy) is 11. The molecule has 1 amide bonds. The van der Waals surface area contributed by atoms with Crippen molar-refractivity contribution in [3.63, 3.8) is 0 Å². The van der Waals surface area contributed by atoms with E-state index in [2.05, 4.69) is 5.32 Å².